The van der Waals surface area contributed by atoms with Gasteiger partial charge in [-0.1, -0.05) is 12.1 Å². The van der Waals surface area contributed by atoms with Crippen molar-refractivity contribution in [1.29, 1.82) is 0 Å². The van der Waals surface area contributed by atoms with Crippen LogP contribution in [0.5, 0.6) is 0 Å². The maximum Gasteiger partial charge on any atom is 0.258 e. The van der Waals surface area contributed by atoms with Gasteiger partial charge >= 0.3 is 0 Å². The monoisotopic (exact) mass is 337 g/mol. The molecule has 1 aromatic carbocycles. The lowest BCUT2D eigenvalue weighted by Gasteiger charge is -2.24. The first-order valence-electron chi connectivity index (χ1n) is 8.90. The van der Waals surface area contributed by atoms with Crippen LogP contribution in [0.3, 0.4) is 0 Å². The first-order chi connectivity index (χ1) is 12.2. The number of aromatic amines is 1. The van der Waals surface area contributed by atoms with Gasteiger partial charge in [-0.05, 0) is 44.0 Å². The van der Waals surface area contributed by atoms with Crippen LogP contribution in [0.2, 0.25) is 0 Å². The lowest BCUT2D eigenvalue weighted by atomic mass is 10.2. The predicted molar refractivity (Wildman–Crippen MR) is 97.6 cm³/mol. The van der Waals surface area contributed by atoms with Gasteiger partial charge in [-0.3, -0.25) is 14.4 Å². The van der Waals surface area contributed by atoms with Crippen LogP contribution in [-0.2, 0) is 13.0 Å². The van der Waals surface area contributed by atoms with Crippen LogP contribution in [0.4, 0.5) is 0 Å². The van der Waals surface area contributed by atoms with Crippen LogP contribution in [0.25, 0.3) is 10.9 Å². The second-order valence-electron chi connectivity index (χ2n) is 6.85. The molecule has 1 N–H and O–H groups in total. The highest BCUT2D eigenvalue weighted by Crippen LogP contribution is 2.19. The van der Waals surface area contributed by atoms with Gasteiger partial charge in [0, 0.05) is 25.2 Å². The molecule has 1 fully saturated rings. The minimum Gasteiger partial charge on any atom is -0.310 e. The third-order valence-corrected chi connectivity index (χ3v) is 4.96. The Labute approximate surface area is 146 Å². The van der Waals surface area contributed by atoms with Crippen molar-refractivity contribution in [3.05, 3.63) is 58.4 Å². The topological polar surface area (TPSA) is 66.8 Å². The summed E-state index contributed by atoms with van der Waals surface area (Å²) in [5.74, 6) is 0.768. The fourth-order valence-corrected chi connectivity index (χ4v) is 3.68. The van der Waals surface area contributed by atoms with Gasteiger partial charge in [0.25, 0.3) is 5.56 Å². The van der Waals surface area contributed by atoms with Crippen molar-refractivity contribution in [2.45, 2.75) is 38.8 Å². The van der Waals surface area contributed by atoms with Crippen molar-refractivity contribution >= 4 is 10.9 Å². The molecule has 0 radical (unpaired) electrons. The summed E-state index contributed by atoms with van der Waals surface area (Å²) >= 11 is 0. The lowest BCUT2D eigenvalue weighted by Crippen LogP contribution is -2.35. The first kappa shape index (κ1) is 16.0. The van der Waals surface area contributed by atoms with Crippen LogP contribution in [0, 0.1) is 6.92 Å². The van der Waals surface area contributed by atoms with Gasteiger partial charge in [-0.25, -0.2) is 4.98 Å². The van der Waals surface area contributed by atoms with E-state index in [9.17, 15) is 4.79 Å². The fraction of sp³-hybridized carbons (Fsp3) is 0.421. The van der Waals surface area contributed by atoms with Gasteiger partial charge in [0.15, 0.2) is 0 Å². The number of nitrogens with zero attached hydrogens (tertiary/aromatic N) is 4. The second kappa shape index (κ2) is 6.80. The van der Waals surface area contributed by atoms with E-state index in [1.165, 1.54) is 18.4 Å². The normalized spacial score (nSPS) is 18.2. The number of hydrogen-bond donors (Lipinski definition) is 1. The largest absolute Gasteiger partial charge is 0.310 e. The minimum absolute atomic E-state index is 0.0504. The summed E-state index contributed by atoms with van der Waals surface area (Å²) in [6.45, 7) is 5.00. The molecule has 0 saturated carbocycles. The Hall–Kier alpha value is -2.47. The number of aryl methyl sites for hydroxylation is 1. The second-order valence-corrected chi connectivity index (χ2v) is 6.85. The van der Waals surface area contributed by atoms with E-state index in [-0.39, 0.29) is 5.56 Å². The van der Waals surface area contributed by atoms with Gasteiger partial charge in [0.1, 0.15) is 5.82 Å². The minimum atomic E-state index is -0.0504. The summed E-state index contributed by atoms with van der Waals surface area (Å²) < 4.78 is 2.04. The SMILES string of the molecule is Cc1cnn(C[C@@H]2CCCN2CCc2nc3ccccc3c(=O)[nH]2)c1. The van der Waals surface area contributed by atoms with E-state index in [2.05, 4.69) is 33.1 Å². The summed E-state index contributed by atoms with van der Waals surface area (Å²) in [6.07, 6.45) is 7.17. The predicted octanol–water partition coefficient (Wildman–Crippen LogP) is 2.14. The average Bonchev–Trinajstić information content (AvgIpc) is 3.22. The molecule has 0 amide bonds. The van der Waals surface area contributed by atoms with Gasteiger partial charge in [-0.2, -0.15) is 5.10 Å². The molecule has 3 heterocycles. The third kappa shape index (κ3) is 3.49. The molecule has 25 heavy (non-hydrogen) atoms. The molecular formula is C19H23N5O. The summed E-state index contributed by atoms with van der Waals surface area (Å²) in [5, 5.41) is 5.06. The maximum absolute atomic E-state index is 12.2. The van der Waals surface area contributed by atoms with Crippen LogP contribution < -0.4 is 5.56 Å². The van der Waals surface area contributed by atoms with E-state index in [0.29, 0.717) is 11.4 Å². The van der Waals surface area contributed by atoms with E-state index < -0.39 is 0 Å². The molecule has 0 unspecified atom stereocenters. The molecule has 3 aromatic rings. The van der Waals surface area contributed by atoms with E-state index in [4.69, 9.17) is 0 Å². The maximum atomic E-state index is 12.2. The Morgan fingerprint density at radius 2 is 2.20 bits per heavy atom. The Bertz CT molecular complexity index is 929. The number of aromatic nitrogens is 4. The number of rotatable bonds is 5. The van der Waals surface area contributed by atoms with Crippen molar-refractivity contribution in [1.82, 2.24) is 24.6 Å². The molecule has 0 spiro atoms. The van der Waals surface area contributed by atoms with Gasteiger partial charge in [0.2, 0.25) is 0 Å². The smallest absolute Gasteiger partial charge is 0.258 e. The number of para-hydroxylation sites is 1. The van der Waals surface area contributed by atoms with E-state index in [1.54, 1.807) is 0 Å². The van der Waals surface area contributed by atoms with Crippen molar-refractivity contribution in [2.75, 3.05) is 13.1 Å². The molecule has 6 heteroatoms. The van der Waals surface area contributed by atoms with Crippen molar-refractivity contribution < 1.29 is 0 Å². The molecule has 1 aliphatic heterocycles. The highest BCUT2D eigenvalue weighted by Gasteiger charge is 2.24. The van der Waals surface area contributed by atoms with E-state index >= 15 is 0 Å². The van der Waals surface area contributed by atoms with Crippen LogP contribution in [-0.4, -0.2) is 43.8 Å². The Balaban J connectivity index is 1.44. The first-order valence-corrected chi connectivity index (χ1v) is 8.90. The number of likely N-dealkylation sites (tertiary alicyclic amines) is 1. The molecule has 2 aromatic heterocycles. The molecule has 1 aliphatic rings. The van der Waals surface area contributed by atoms with E-state index in [0.717, 1.165) is 37.4 Å². The van der Waals surface area contributed by atoms with E-state index in [1.807, 2.05) is 35.1 Å². The van der Waals surface area contributed by atoms with Gasteiger partial charge in [-0.15, -0.1) is 0 Å². The van der Waals surface area contributed by atoms with Gasteiger partial charge in [0.05, 0.1) is 23.6 Å². The number of H-pyrrole nitrogens is 1. The highest BCUT2D eigenvalue weighted by atomic mass is 16.1. The zero-order valence-electron chi connectivity index (χ0n) is 14.5. The number of nitrogens with one attached hydrogen (secondary N) is 1. The summed E-state index contributed by atoms with van der Waals surface area (Å²) in [7, 11) is 0. The molecule has 130 valence electrons. The number of hydrogen-bond acceptors (Lipinski definition) is 4. The van der Waals surface area contributed by atoms with Crippen molar-refractivity contribution in [3.63, 3.8) is 0 Å². The standard InChI is InChI=1S/C19H23N5O/c1-14-11-20-24(12-14)13-15-5-4-9-23(15)10-8-18-21-17-7-3-2-6-16(17)19(25)22-18/h2-3,6-7,11-12,15H,4-5,8-10,13H2,1H3,(H,21,22,25)/t15-/m0/s1. The molecule has 6 nitrogen and oxygen atoms in total. The molecule has 1 saturated heterocycles. The number of fused-ring (bicyclic) bond motifs is 1. The summed E-state index contributed by atoms with van der Waals surface area (Å²) in [6, 6.07) is 8.00. The molecule has 0 aliphatic carbocycles. The number of benzene rings is 1. The fourth-order valence-electron chi connectivity index (χ4n) is 3.68. The van der Waals surface area contributed by atoms with Crippen LogP contribution >= 0.6 is 0 Å². The van der Waals surface area contributed by atoms with Gasteiger partial charge < -0.3 is 4.98 Å². The van der Waals surface area contributed by atoms with Crippen molar-refractivity contribution in [3.8, 4) is 0 Å². The quantitative estimate of drug-likeness (QED) is 0.774. The lowest BCUT2D eigenvalue weighted by molar-refractivity contribution is 0.228. The highest BCUT2D eigenvalue weighted by molar-refractivity contribution is 5.77. The molecule has 4 rings (SSSR count). The van der Waals surface area contributed by atoms with Crippen molar-refractivity contribution in [2.24, 2.45) is 0 Å². The van der Waals surface area contributed by atoms with Crippen LogP contribution in [0.1, 0.15) is 24.2 Å². The molecule has 1 atom stereocenters. The summed E-state index contributed by atoms with van der Waals surface area (Å²) in [4.78, 5) is 22.2. The summed E-state index contributed by atoms with van der Waals surface area (Å²) in [5.41, 5.74) is 1.92. The Kier molecular flexibility index (Phi) is 4.36. The average molecular weight is 337 g/mol. The molecular weight excluding hydrogens is 314 g/mol. The zero-order valence-corrected chi connectivity index (χ0v) is 14.5. The molecule has 0 bridgehead atoms. The zero-order chi connectivity index (χ0) is 17.2. The Morgan fingerprint density at radius 1 is 1.32 bits per heavy atom. The Morgan fingerprint density at radius 3 is 3.04 bits per heavy atom. The van der Waals surface area contributed by atoms with Crippen LogP contribution in [0.15, 0.2) is 41.5 Å². The third-order valence-electron chi connectivity index (χ3n) is 4.96.